The van der Waals surface area contributed by atoms with E-state index in [1.165, 1.54) is 5.56 Å². The van der Waals surface area contributed by atoms with E-state index >= 15 is 0 Å². The van der Waals surface area contributed by atoms with E-state index in [0.717, 1.165) is 23.3 Å². The number of aryl methyl sites for hydroxylation is 1. The molecular formula is C24H29ClN2O3. The van der Waals surface area contributed by atoms with Gasteiger partial charge in [0, 0.05) is 31.1 Å². The van der Waals surface area contributed by atoms with Crippen LogP contribution >= 0.6 is 11.6 Å². The molecule has 3 rings (SSSR count). The third kappa shape index (κ3) is 6.96. The molecule has 0 unspecified atom stereocenters. The zero-order valence-electron chi connectivity index (χ0n) is 17.3. The normalized spacial score (nSPS) is 16.9. The van der Waals surface area contributed by atoms with Gasteiger partial charge in [-0.1, -0.05) is 64.8 Å². The van der Waals surface area contributed by atoms with E-state index in [1.54, 1.807) is 6.08 Å². The molecule has 6 heteroatoms. The fourth-order valence-corrected chi connectivity index (χ4v) is 3.68. The summed E-state index contributed by atoms with van der Waals surface area (Å²) >= 11 is 6.15. The molecule has 1 heterocycles. The highest BCUT2D eigenvalue weighted by Crippen LogP contribution is 2.20. The molecule has 0 fully saturated rings. The van der Waals surface area contributed by atoms with Crippen molar-refractivity contribution in [2.24, 2.45) is 5.16 Å². The molecule has 1 aliphatic heterocycles. The Morgan fingerprint density at radius 2 is 2.13 bits per heavy atom. The van der Waals surface area contributed by atoms with Crippen molar-refractivity contribution >= 4 is 17.3 Å². The highest BCUT2D eigenvalue weighted by atomic mass is 35.5. The smallest absolute Gasteiger partial charge is 0.145 e. The lowest BCUT2D eigenvalue weighted by Crippen LogP contribution is -2.39. The molecule has 5 nitrogen and oxygen atoms in total. The number of halogens is 1. The fourth-order valence-electron chi connectivity index (χ4n) is 3.47. The maximum Gasteiger partial charge on any atom is 0.145 e. The van der Waals surface area contributed by atoms with Crippen LogP contribution < -0.4 is 0 Å². The zero-order valence-corrected chi connectivity index (χ0v) is 18.1. The van der Waals surface area contributed by atoms with Crippen LogP contribution in [0.25, 0.3) is 0 Å². The Morgan fingerprint density at radius 1 is 1.33 bits per heavy atom. The summed E-state index contributed by atoms with van der Waals surface area (Å²) in [4.78, 5) is 7.87. The van der Waals surface area contributed by atoms with Gasteiger partial charge in [0.15, 0.2) is 0 Å². The van der Waals surface area contributed by atoms with Crippen molar-refractivity contribution in [1.29, 1.82) is 0 Å². The van der Waals surface area contributed by atoms with Gasteiger partial charge in [0.25, 0.3) is 0 Å². The Morgan fingerprint density at radius 3 is 2.87 bits per heavy atom. The summed E-state index contributed by atoms with van der Waals surface area (Å²) in [7, 11) is 0. The quantitative estimate of drug-likeness (QED) is 0.430. The zero-order chi connectivity index (χ0) is 21.3. The minimum Gasteiger partial charge on any atom is -0.390 e. The number of rotatable bonds is 11. The van der Waals surface area contributed by atoms with Crippen molar-refractivity contribution < 1.29 is 14.7 Å². The van der Waals surface area contributed by atoms with E-state index in [1.807, 2.05) is 24.3 Å². The summed E-state index contributed by atoms with van der Waals surface area (Å²) in [5.41, 5.74) is 4.34. The van der Waals surface area contributed by atoms with Gasteiger partial charge in [-0.2, -0.15) is 0 Å². The van der Waals surface area contributed by atoms with Gasteiger partial charge in [0.2, 0.25) is 0 Å². The number of aliphatic hydroxyl groups is 1. The van der Waals surface area contributed by atoms with Crippen LogP contribution in [0.3, 0.4) is 0 Å². The van der Waals surface area contributed by atoms with Gasteiger partial charge in [-0.25, -0.2) is 0 Å². The Labute approximate surface area is 183 Å². The van der Waals surface area contributed by atoms with E-state index < -0.39 is 6.10 Å². The van der Waals surface area contributed by atoms with Crippen molar-refractivity contribution in [3.05, 3.63) is 82.9 Å². The van der Waals surface area contributed by atoms with Crippen molar-refractivity contribution in [3.8, 4) is 0 Å². The lowest BCUT2D eigenvalue weighted by atomic mass is 10.0. The molecule has 1 N–H and O–H groups in total. The number of hydrogen-bond acceptors (Lipinski definition) is 5. The Bertz CT molecular complexity index is 854. The van der Waals surface area contributed by atoms with Crippen LogP contribution in [0.2, 0.25) is 5.02 Å². The van der Waals surface area contributed by atoms with Crippen molar-refractivity contribution in [3.63, 3.8) is 0 Å². The fraction of sp³-hybridized carbons (Fsp3) is 0.375. The minimum atomic E-state index is -0.608. The van der Waals surface area contributed by atoms with Crippen LogP contribution in [0.4, 0.5) is 0 Å². The van der Waals surface area contributed by atoms with E-state index in [-0.39, 0.29) is 12.7 Å². The number of nitrogens with zero attached hydrogens (tertiary/aromatic N) is 2. The third-order valence-electron chi connectivity index (χ3n) is 4.89. The average Bonchev–Trinajstić information content (AvgIpc) is 3.17. The summed E-state index contributed by atoms with van der Waals surface area (Å²) < 4.78 is 5.40. The van der Waals surface area contributed by atoms with Crippen molar-refractivity contribution in [1.82, 2.24) is 4.90 Å². The van der Waals surface area contributed by atoms with Gasteiger partial charge in [-0.15, -0.1) is 6.58 Å². The second-order valence-corrected chi connectivity index (χ2v) is 8.08. The van der Waals surface area contributed by atoms with E-state index in [4.69, 9.17) is 21.2 Å². The molecule has 0 aromatic heterocycles. The summed E-state index contributed by atoms with van der Waals surface area (Å²) in [6.07, 6.45) is 1.73. The van der Waals surface area contributed by atoms with Crippen LogP contribution in [0.5, 0.6) is 0 Å². The molecule has 0 bridgehead atoms. The molecule has 0 amide bonds. The lowest BCUT2D eigenvalue weighted by Gasteiger charge is -2.27. The SMILES string of the molecule is C=CCOC[C@@H](O)CN(Cc1cccc(Cl)c1)C[C@H]1CC(c2ccc(C)cc2)=NO1. The second kappa shape index (κ2) is 11.3. The van der Waals surface area contributed by atoms with Crippen LogP contribution in [-0.4, -0.2) is 54.2 Å². The summed E-state index contributed by atoms with van der Waals surface area (Å²) in [5, 5.41) is 15.4. The highest BCUT2D eigenvalue weighted by Gasteiger charge is 2.25. The van der Waals surface area contributed by atoms with Crippen LogP contribution in [0.1, 0.15) is 23.1 Å². The number of hydrogen-bond donors (Lipinski definition) is 1. The lowest BCUT2D eigenvalue weighted by molar-refractivity contribution is 0.00336. The predicted octanol–water partition coefficient (Wildman–Crippen LogP) is 4.21. The molecule has 0 saturated carbocycles. The molecule has 0 aliphatic carbocycles. The van der Waals surface area contributed by atoms with Gasteiger partial charge in [0.1, 0.15) is 6.10 Å². The van der Waals surface area contributed by atoms with Gasteiger partial charge in [0.05, 0.1) is 25.0 Å². The topological polar surface area (TPSA) is 54.3 Å². The van der Waals surface area contributed by atoms with Gasteiger partial charge in [-0.3, -0.25) is 4.90 Å². The minimum absolute atomic E-state index is 0.0678. The first-order chi connectivity index (χ1) is 14.5. The molecule has 1 aliphatic rings. The largest absolute Gasteiger partial charge is 0.390 e. The third-order valence-corrected chi connectivity index (χ3v) is 5.12. The van der Waals surface area contributed by atoms with Crippen LogP contribution in [0.15, 0.2) is 66.3 Å². The Kier molecular flexibility index (Phi) is 8.46. The molecule has 2 aromatic rings. The molecule has 0 radical (unpaired) electrons. The first-order valence-corrected chi connectivity index (χ1v) is 10.5. The predicted molar refractivity (Wildman–Crippen MR) is 121 cm³/mol. The highest BCUT2D eigenvalue weighted by molar-refractivity contribution is 6.30. The first kappa shape index (κ1) is 22.5. The summed E-state index contributed by atoms with van der Waals surface area (Å²) in [5.74, 6) is 0. The first-order valence-electron chi connectivity index (χ1n) is 10.2. The van der Waals surface area contributed by atoms with E-state index in [2.05, 4.69) is 47.8 Å². The van der Waals surface area contributed by atoms with E-state index in [0.29, 0.717) is 31.3 Å². The van der Waals surface area contributed by atoms with Crippen molar-refractivity contribution in [2.75, 3.05) is 26.3 Å². The number of benzene rings is 2. The van der Waals surface area contributed by atoms with Gasteiger partial charge < -0.3 is 14.7 Å². The molecule has 30 heavy (non-hydrogen) atoms. The van der Waals surface area contributed by atoms with Crippen LogP contribution in [-0.2, 0) is 16.1 Å². The van der Waals surface area contributed by atoms with Crippen LogP contribution in [0, 0.1) is 6.92 Å². The molecule has 2 aromatic carbocycles. The summed E-state index contributed by atoms with van der Waals surface area (Å²) in [6.45, 7) is 8.13. The number of aliphatic hydroxyl groups excluding tert-OH is 1. The van der Waals surface area contributed by atoms with Gasteiger partial charge >= 0.3 is 0 Å². The molecule has 160 valence electrons. The Balaban J connectivity index is 1.61. The standard InChI is InChI=1S/C24H29ClN2O3/c1-3-11-29-17-22(28)15-27(14-19-5-4-6-21(25)12-19)16-23-13-24(26-30-23)20-9-7-18(2)8-10-20/h3-10,12,22-23,28H,1,11,13-17H2,2H3/t22-,23+/m0/s1. The Hall–Kier alpha value is -2.18. The number of oxime groups is 1. The maximum absolute atomic E-state index is 10.4. The molecule has 2 atom stereocenters. The molecular weight excluding hydrogens is 400 g/mol. The monoisotopic (exact) mass is 428 g/mol. The summed E-state index contributed by atoms with van der Waals surface area (Å²) in [6, 6.07) is 16.1. The molecule has 0 saturated heterocycles. The van der Waals surface area contributed by atoms with E-state index in [9.17, 15) is 5.11 Å². The maximum atomic E-state index is 10.4. The number of ether oxygens (including phenoxy) is 1. The van der Waals surface area contributed by atoms with Crippen molar-refractivity contribution in [2.45, 2.75) is 32.1 Å². The average molecular weight is 429 g/mol. The molecule has 0 spiro atoms. The van der Waals surface area contributed by atoms with Gasteiger partial charge in [-0.05, 0) is 30.2 Å². The second-order valence-electron chi connectivity index (χ2n) is 7.64.